The maximum absolute atomic E-state index is 2.43. The molecule has 0 N–H and O–H groups in total. The summed E-state index contributed by atoms with van der Waals surface area (Å²) in [6.07, 6.45) is 9.70. The minimum absolute atomic E-state index is 1.12. The van der Waals surface area contributed by atoms with E-state index in [0.29, 0.717) is 0 Å². The lowest BCUT2D eigenvalue weighted by molar-refractivity contribution is 0.662. The summed E-state index contributed by atoms with van der Waals surface area (Å²) in [7, 11) is 0. The Bertz CT molecular complexity index is 3270. The summed E-state index contributed by atoms with van der Waals surface area (Å²) in [5.74, 6) is 0. The molecule has 0 radical (unpaired) electrons. The van der Waals surface area contributed by atoms with Gasteiger partial charge in [0.1, 0.15) is 0 Å². The molecular formula is C62H49N3. The topological polar surface area (TPSA) is 13.1 Å². The van der Waals surface area contributed by atoms with Crippen LogP contribution in [0, 0.1) is 0 Å². The molecule has 0 amide bonds. The molecule has 65 heavy (non-hydrogen) atoms. The number of rotatable bonds is 7. The van der Waals surface area contributed by atoms with Gasteiger partial charge in [-0.1, -0.05) is 115 Å². The van der Waals surface area contributed by atoms with Crippen LogP contribution in [0.3, 0.4) is 0 Å². The Morgan fingerprint density at radius 2 is 0.569 bits per heavy atom. The number of aromatic nitrogens is 2. The largest absolute Gasteiger partial charge is 0.311 e. The summed E-state index contributed by atoms with van der Waals surface area (Å²) in [6, 6.07) is 74.2. The quantitative estimate of drug-likeness (QED) is 0.156. The molecule has 0 fully saturated rings. The van der Waals surface area contributed by atoms with E-state index < -0.39 is 0 Å². The Kier molecular flexibility index (Phi) is 9.08. The third-order valence-electron chi connectivity index (χ3n) is 14.5. The molecule has 312 valence electrons. The summed E-state index contributed by atoms with van der Waals surface area (Å²) in [5, 5.41) is 5.09. The molecule has 9 aromatic carbocycles. The Morgan fingerprint density at radius 1 is 0.277 bits per heavy atom. The van der Waals surface area contributed by atoms with Crippen LogP contribution in [0.4, 0.5) is 17.1 Å². The van der Waals surface area contributed by atoms with Crippen LogP contribution in [0.5, 0.6) is 0 Å². The van der Waals surface area contributed by atoms with Gasteiger partial charge in [-0.15, -0.1) is 0 Å². The van der Waals surface area contributed by atoms with Crippen molar-refractivity contribution in [2.75, 3.05) is 4.90 Å². The normalized spacial score (nSPS) is 13.7. The number of hydrogen-bond donors (Lipinski definition) is 0. The molecule has 0 aliphatic heterocycles. The van der Waals surface area contributed by atoms with Crippen molar-refractivity contribution in [3.05, 3.63) is 222 Å². The van der Waals surface area contributed by atoms with E-state index in [1.54, 1.807) is 27.8 Å². The molecular weight excluding hydrogens is 787 g/mol. The molecule has 2 aromatic heterocycles. The summed E-state index contributed by atoms with van der Waals surface area (Å²) >= 11 is 0. The van der Waals surface area contributed by atoms with Crippen molar-refractivity contribution in [1.29, 1.82) is 0 Å². The number of hydrogen-bond acceptors (Lipinski definition) is 1. The van der Waals surface area contributed by atoms with E-state index in [-0.39, 0.29) is 0 Å². The second kappa shape index (κ2) is 15.6. The highest BCUT2D eigenvalue weighted by Gasteiger charge is 2.28. The lowest BCUT2D eigenvalue weighted by atomic mass is 9.73. The van der Waals surface area contributed by atoms with Crippen LogP contribution in [0.1, 0.15) is 47.9 Å². The van der Waals surface area contributed by atoms with Gasteiger partial charge in [-0.25, -0.2) is 0 Å². The van der Waals surface area contributed by atoms with Crippen molar-refractivity contribution in [1.82, 2.24) is 9.13 Å². The first kappa shape index (κ1) is 37.9. The number of benzene rings is 9. The average Bonchev–Trinajstić information content (AvgIpc) is 3.90. The summed E-state index contributed by atoms with van der Waals surface area (Å²) < 4.78 is 4.80. The van der Waals surface area contributed by atoms with Crippen LogP contribution in [0.25, 0.3) is 77.2 Å². The second-order valence-corrected chi connectivity index (χ2v) is 18.1. The third kappa shape index (κ3) is 6.17. The van der Waals surface area contributed by atoms with Gasteiger partial charge in [0.2, 0.25) is 0 Å². The van der Waals surface area contributed by atoms with Crippen LogP contribution in [-0.2, 0) is 25.7 Å². The number of anilines is 3. The number of para-hydroxylation sites is 4. The monoisotopic (exact) mass is 835 g/mol. The van der Waals surface area contributed by atoms with E-state index in [2.05, 4.69) is 214 Å². The summed E-state index contributed by atoms with van der Waals surface area (Å²) in [4.78, 5) is 2.43. The highest BCUT2D eigenvalue weighted by molar-refractivity contribution is 6.10. The first-order valence-corrected chi connectivity index (χ1v) is 23.6. The molecule has 3 heteroatoms. The van der Waals surface area contributed by atoms with Crippen molar-refractivity contribution in [2.45, 2.75) is 51.4 Å². The lowest BCUT2D eigenvalue weighted by Gasteiger charge is -2.32. The van der Waals surface area contributed by atoms with E-state index in [0.717, 1.165) is 41.3 Å². The number of fused-ring (bicyclic) bond motifs is 8. The Balaban J connectivity index is 0.945. The maximum Gasteiger partial charge on any atom is 0.0541 e. The Labute approximate surface area is 380 Å². The molecule has 0 bridgehead atoms. The summed E-state index contributed by atoms with van der Waals surface area (Å²) in [5.41, 5.74) is 22.8. The highest BCUT2D eigenvalue weighted by atomic mass is 15.1. The van der Waals surface area contributed by atoms with E-state index in [1.165, 1.54) is 98.8 Å². The first-order chi connectivity index (χ1) is 32.3. The summed E-state index contributed by atoms with van der Waals surface area (Å²) in [6.45, 7) is 0. The average molecular weight is 836 g/mol. The Morgan fingerprint density at radius 3 is 0.923 bits per heavy atom. The smallest absolute Gasteiger partial charge is 0.0541 e. The van der Waals surface area contributed by atoms with Crippen LogP contribution < -0.4 is 4.90 Å². The van der Waals surface area contributed by atoms with Gasteiger partial charge in [0.15, 0.2) is 0 Å². The van der Waals surface area contributed by atoms with Gasteiger partial charge >= 0.3 is 0 Å². The van der Waals surface area contributed by atoms with E-state index in [9.17, 15) is 0 Å². The zero-order valence-corrected chi connectivity index (χ0v) is 36.6. The fourth-order valence-electron chi connectivity index (χ4n) is 11.7. The van der Waals surface area contributed by atoms with E-state index in [1.807, 2.05) is 0 Å². The first-order valence-electron chi connectivity index (χ1n) is 23.6. The van der Waals surface area contributed by atoms with Gasteiger partial charge in [-0.05, 0) is 181 Å². The molecule has 0 atom stereocenters. The number of nitrogens with zero attached hydrogens (tertiary/aromatic N) is 3. The minimum atomic E-state index is 1.12. The molecule has 2 aliphatic carbocycles. The standard InChI is InChI=1S/C62H49N3/c1-2-16-42(17-3-1)61-53-22-4-6-24-55(53)62(56-25-7-5-23-54(56)61)43-30-32-44(33-31-43)63(45-34-38-47(39-35-45)64-57-26-12-8-18-49(57)50-19-9-13-27-58(50)64)46-36-40-48(41-37-46)65-59-28-14-10-20-51(59)52-21-11-15-29-60(52)65/h1-3,8-21,26-41H,4-7,22-25H2. The Hall–Kier alpha value is -7.62. The van der Waals surface area contributed by atoms with Crippen LogP contribution in [0.2, 0.25) is 0 Å². The fourth-order valence-corrected chi connectivity index (χ4v) is 11.7. The maximum atomic E-state index is 2.43. The molecule has 3 nitrogen and oxygen atoms in total. The van der Waals surface area contributed by atoms with Gasteiger partial charge in [0, 0.05) is 50.0 Å². The van der Waals surface area contributed by atoms with Crippen molar-refractivity contribution in [3.63, 3.8) is 0 Å². The van der Waals surface area contributed by atoms with Gasteiger partial charge in [-0.3, -0.25) is 0 Å². The van der Waals surface area contributed by atoms with Gasteiger partial charge in [0.05, 0.1) is 22.1 Å². The van der Waals surface area contributed by atoms with Gasteiger partial charge in [-0.2, -0.15) is 0 Å². The highest BCUT2D eigenvalue weighted by Crippen LogP contribution is 2.47. The van der Waals surface area contributed by atoms with Crippen molar-refractivity contribution < 1.29 is 0 Å². The lowest BCUT2D eigenvalue weighted by Crippen LogP contribution is -2.15. The molecule has 0 saturated carbocycles. The fraction of sp³-hybridized carbons (Fsp3) is 0.129. The molecule has 2 aliphatic rings. The molecule has 0 saturated heterocycles. The minimum Gasteiger partial charge on any atom is -0.311 e. The van der Waals surface area contributed by atoms with Crippen LogP contribution in [0.15, 0.2) is 200 Å². The third-order valence-corrected chi connectivity index (χ3v) is 14.5. The molecule has 2 heterocycles. The molecule has 0 spiro atoms. The zero-order chi connectivity index (χ0) is 42.8. The van der Waals surface area contributed by atoms with Gasteiger partial charge < -0.3 is 14.0 Å². The van der Waals surface area contributed by atoms with Crippen molar-refractivity contribution in [2.24, 2.45) is 0 Å². The van der Waals surface area contributed by atoms with Gasteiger partial charge in [0.25, 0.3) is 0 Å². The van der Waals surface area contributed by atoms with E-state index in [4.69, 9.17) is 0 Å². The predicted molar refractivity (Wildman–Crippen MR) is 274 cm³/mol. The van der Waals surface area contributed by atoms with Crippen molar-refractivity contribution >= 4 is 60.7 Å². The SMILES string of the molecule is c1ccc(-c2c3c(c(-c4ccc(N(c5ccc(-n6c7ccccc7c7ccccc76)cc5)c5ccc(-n6c7ccccc7c7ccccc76)cc5)cc4)c4c2CCCC4)CCCC3)cc1. The molecule has 0 unspecified atom stereocenters. The molecule has 11 aromatic rings. The second-order valence-electron chi connectivity index (χ2n) is 18.1. The molecule has 13 rings (SSSR count). The van der Waals surface area contributed by atoms with E-state index >= 15 is 0 Å². The van der Waals surface area contributed by atoms with Crippen LogP contribution in [-0.4, -0.2) is 9.13 Å². The zero-order valence-electron chi connectivity index (χ0n) is 36.6. The van der Waals surface area contributed by atoms with Crippen molar-refractivity contribution in [3.8, 4) is 33.6 Å². The predicted octanol–water partition coefficient (Wildman–Crippen LogP) is 16.4. The van der Waals surface area contributed by atoms with Crippen LogP contribution >= 0.6 is 0 Å².